The zero-order valence-corrected chi connectivity index (χ0v) is 9.49. The third-order valence-electron chi connectivity index (χ3n) is 2.33. The number of ether oxygens (including phenoxy) is 1. The number of aromatic hydroxyl groups is 1. The lowest BCUT2D eigenvalue weighted by Crippen LogP contribution is -2.33. The van der Waals surface area contributed by atoms with Crippen LogP contribution in [0.15, 0.2) is 18.2 Å². The lowest BCUT2D eigenvalue weighted by atomic mass is 10.0. The molecule has 7 heteroatoms. The molecule has 1 atom stereocenters. The number of carbonyl (C=O) groups is 1. The highest BCUT2D eigenvalue weighted by molar-refractivity contribution is 5.75. The molecular weight excluding hydrogens is 251 g/mol. The van der Waals surface area contributed by atoms with Gasteiger partial charge < -0.3 is 15.6 Å². The Bertz CT molecular complexity index is 446. The Balaban J connectivity index is 2.96. The van der Waals surface area contributed by atoms with Crippen molar-refractivity contribution in [1.29, 1.82) is 0 Å². The standard InChI is InChI=1S/C11H12F3NO3/c1-18-10(17)8(15)5-6-2-3-9(16)7(4-6)11(12,13)14/h2-4,8,16H,5,15H2,1H3/t8-/m1/s1. The number of phenols is 1. The van der Waals surface area contributed by atoms with Gasteiger partial charge in [0.25, 0.3) is 0 Å². The largest absolute Gasteiger partial charge is 0.507 e. The molecule has 0 saturated heterocycles. The Morgan fingerprint density at radius 1 is 1.50 bits per heavy atom. The lowest BCUT2D eigenvalue weighted by Gasteiger charge is -2.13. The molecule has 0 fully saturated rings. The van der Waals surface area contributed by atoms with Gasteiger partial charge >= 0.3 is 12.1 Å². The summed E-state index contributed by atoms with van der Waals surface area (Å²) >= 11 is 0. The summed E-state index contributed by atoms with van der Waals surface area (Å²) in [5.41, 5.74) is 4.48. The van der Waals surface area contributed by atoms with Gasteiger partial charge in [0.15, 0.2) is 0 Å². The third-order valence-corrected chi connectivity index (χ3v) is 2.33. The van der Waals surface area contributed by atoms with Crippen molar-refractivity contribution >= 4 is 5.97 Å². The van der Waals surface area contributed by atoms with Crippen LogP contribution in [0.25, 0.3) is 0 Å². The van der Waals surface area contributed by atoms with Crippen molar-refractivity contribution < 1.29 is 27.8 Å². The minimum absolute atomic E-state index is 0.101. The van der Waals surface area contributed by atoms with Gasteiger partial charge in [-0.05, 0) is 24.1 Å². The summed E-state index contributed by atoms with van der Waals surface area (Å²) in [6.45, 7) is 0. The average Bonchev–Trinajstić information content (AvgIpc) is 2.29. The fourth-order valence-corrected chi connectivity index (χ4v) is 1.43. The molecule has 0 spiro atoms. The van der Waals surface area contributed by atoms with Crippen molar-refractivity contribution in [2.24, 2.45) is 5.73 Å². The first kappa shape index (κ1) is 14.3. The molecule has 18 heavy (non-hydrogen) atoms. The third kappa shape index (κ3) is 3.36. The summed E-state index contributed by atoms with van der Waals surface area (Å²) in [5.74, 6) is -1.57. The number of rotatable bonds is 3. The van der Waals surface area contributed by atoms with Gasteiger partial charge in [-0.1, -0.05) is 6.07 Å². The number of carbonyl (C=O) groups excluding carboxylic acids is 1. The normalized spacial score (nSPS) is 13.2. The predicted octanol–water partition coefficient (Wildman–Crippen LogP) is 1.45. The molecule has 1 rings (SSSR count). The topological polar surface area (TPSA) is 72.5 Å². The smallest absolute Gasteiger partial charge is 0.419 e. The van der Waals surface area contributed by atoms with Crippen molar-refractivity contribution in [2.45, 2.75) is 18.6 Å². The maximum atomic E-state index is 12.5. The van der Waals surface area contributed by atoms with Crippen LogP contribution in [-0.2, 0) is 22.1 Å². The number of benzene rings is 1. The highest BCUT2D eigenvalue weighted by Crippen LogP contribution is 2.36. The number of hydrogen-bond donors (Lipinski definition) is 2. The number of esters is 1. The highest BCUT2D eigenvalue weighted by Gasteiger charge is 2.34. The van der Waals surface area contributed by atoms with E-state index < -0.39 is 29.5 Å². The van der Waals surface area contributed by atoms with Crippen molar-refractivity contribution in [1.82, 2.24) is 0 Å². The lowest BCUT2D eigenvalue weighted by molar-refractivity contribution is -0.142. The maximum absolute atomic E-state index is 12.5. The van der Waals surface area contributed by atoms with Gasteiger partial charge in [-0.25, -0.2) is 0 Å². The van der Waals surface area contributed by atoms with E-state index in [1.807, 2.05) is 0 Å². The minimum atomic E-state index is -4.66. The molecule has 0 bridgehead atoms. The summed E-state index contributed by atoms with van der Waals surface area (Å²) in [7, 11) is 1.14. The Hall–Kier alpha value is -1.76. The van der Waals surface area contributed by atoms with Gasteiger partial charge in [-0.3, -0.25) is 4.79 Å². The van der Waals surface area contributed by atoms with Crippen LogP contribution < -0.4 is 5.73 Å². The molecule has 4 nitrogen and oxygen atoms in total. The molecule has 0 radical (unpaired) electrons. The number of methoxy groups -OCH3 is 1. The summed E-state index contributed by atoms with van der Waals surface area (Å²) in [6.07, 6.45) is -4.76. The summed E-state index contributed by atoms with van der Waals surface area (Å²) < 4.78 is 41.9. The van der Waals surface area contributed by atoms with Gasteiger partial charge in [0, 0.05) is 0 Å². The van der Waals surface area contributed by atoms with Crippen LogP contribution in [0.3, 0.4) is 0 Å². The molecule has 100 valence electrons. The van der Waals surface area contributed by atoms with Gasteiger partial charge in [0.2, 0.25) is 0 Å². The van der Waals surface area contributed by atoms with Crippen LogP contribution in [0.2, 0.25) is 0 Å². The fourth-order valence-electron chi connectivity index (χ4n) is 1.43. The Morgan fingerprint density at radius 2 is 2.11 bits per heavy atom. The van der Waals surface area contributed by atoms with Crippen LogP contribution >= 0.6 is 0 Å². The van der Waals surface area contributed by atoms with E-state index in [4.69, 9.17) is 10.8 Å². The molecule has 0 heterocycles. The zero-order valence-electron chi connectivity index (χ0n) is 9.49. The molecule has 0 saturated carbocycles. The number of alkyl halides is 3. The summed E-state index contributed by atoms with van der Waals surface area (Å²) in [5, 5.41) is 9.12. The van der Waals surface area contributed by atoms with Gasteiger partial charge in [-0.15, -0.1) is 0 Å². The minimum Gasteiger partial charge on any atom is -0.507 e. The van der Waals surface area contributed by atoms with E-state index in [1.54, 1.807) is 0 Å². The van der Waals surface area contributed by atoms with E-state index in [0.29, 0.717) is 0 Å². The van der Waals surface area contributed by atoms with E-state index in [0.717, 1.165) is 19.2 Å². The second-order valence-electron chi connectivity index (χ2n) is 3.68. The van der Waals surface area contributed by atoms with E-state index in [2.05, 4.69) is 4.74 Å². The number of nitrogens with two attached hydrogens (primary N) is 1. The fraction of sp³-hybridized carbons (Fsp3) is 0.364. The molecule has 0 aliphatic carbocycles. The van der Waals surface area contributed by atoms with Crippen LogP contribution in [0, 0.1) is 0 Å². The SMILES string of the molecule is COC(=O)[C@H](N)Cc1ccc(O)c(C(F)(F)F)c1. The van der Waals surface area contributed by atoms with Crippen molar-refractivity contribution in [3.8, 4) is 5.75 Å². The van der Waals surface area contributed by atoms with Crippen molar-refractivity contribution in [3.63, 3.8) is 0 Å². The molecule has 0 aliphatic heterocycles. The molecule has 3 N–H and O–H groups in total. The maximum Gasteiger partial charge on any atom is 0.419 e. The predicted molar refractivity (Wildman–Crippen MR) is 56.8 cm³/mol. The first-order chi connectivity index (χ1) is 8.25. The van der Waals surface area contributed by atoms with Crippen molar-refractivity contribution in [2.75, 3.05) is 7.11 Å². The highest BCUT2D eigenvalue weighted by atomic mass is 19.4. The van der Waals surface area contributed by atoms with Crippen LogP contribution in [0.5, 0.6) is 5.75 Å². The molecule has 0 aromatic heterocycles. The Morgan fingerprint density at radius 3 is 2.61 bits per heavy atom. The summed E-state index contributed by atoms with van der Waals surface area (Å²) in [6, 6.07) is 1.91. The van der Waals surface area contributed by atoms with Crippen LogP contribution in [0.1, 0.15) is 11.1 Å². The van der Waals surface area contributed by atoms with Crippen LogP contribution in [0.4, 0.5) is 13.2 Å². The zero-order chi connectivity index (χ0) is 13.9. The molecule has 0 amide bonds. The van der Waals surface area contributed by atoms with Crippen LogP contribution in [-0.4, -0.2) is 24.2 Å². The number of hydrogen-bond acceptors (Lipinski definition) is 4. The first-order valence-corrected chi connectivity index (χ1v) is 4.98. The Labute approximate surface area is 101 Å². The number of halogens is 3. The van der Waals surface area contributed by atoms with Gasteiger partial charge in [0.05, 0.1) is 12.7 Å². The van der Waals surface area contributed by atoms with E-state index >= 15 is 0 Å². The van der Waals surface area contributed by atoms with Gasteiger partial charge in [0.1, 0.15) is 11.8 Å². The van der Waals surface area contributed by atoms with Crippen molar-refractivity contribution in [3.05, 3.63) is 29.3 Å². The molecule has 0 aliphatic rings. The Kier molecular flexibility index (Phi) is 4.18. The monoisotopic (exact) mass is 263 g/mol. The summed E-state index contributed by atoms with van der Waals surface area (Å²) in [4.78, 5) is 11.0. The van der Waals surface area contributed by atoms with E-state index in [9.17, 15) is 18.0 Å². The second-order valence-corrected chi connectivity index (χ2v) is 3.68. The molecule has 1 aromatic rings. The van der Waals surface area contributed by atoms with E-state index in [1.165, 1.54) is 6.07 Å². The van der Waals surface area contributed by atoms with E-state index in [-0.39, 0.29) is 12.0 Å². The molecule has 0 unspecified atom stereocenters. The molecular formula is C11H12F3NO3. The quantitative estimate of drug-likeness (QED) is 0.810. The first-order valence-electron chi connectivity index (χ1n) is 4.98. The van der Waals surface area contributed by atoms with Gasteiger partial charge in [-0.2, -0.15) is 13.2 Å². The second kappa shape index (κ2) is 5.26. The average molecular weight is 263 g/mol. The number of phenolic OH excluding ortho intramolecular Hbond substituents is 1. The molecule has 1 aromatic carbocycles.